The van der Waals surface area contributed by atoms with E-state index in [1.165, 1.54) is 23.3 Å². The lowest BCUT2D eigenvalue weighted by Crippen LogP contribution is -2.65. The third kappa shape index (κ3) is 3.39. The largest absolute Gasteiger partial charge is 0.378 e. The van der Waals surface area contributed by atoms with Gasteiger partial charge in [-0.15, -0.1) is 4.80 Å². The number of anilines is 2. The molecule has 2 aromatic heterocycles. The van der Waals surface area contributed by atoms with Crippen molar-refractivity contribution in [3.8, 4) is 5.69 Å². The van der Waals surface area contributed by atoms with Crippen molar-refractivity contribution >= 4 is 17.4 Å². The predicted octanol–water partition coefficient (Wildman–Crippen LogP) is 2.22. The van der Waals surface area contributed by atoms with Gasteiger partial charge < -0.3 is 14.7 Å². The molecule has 2 aliphatic rings. The second kappa shape index (κ2) is 7.64. The number of carbonyl (C=O) groups is 1. The molecule has 2 aliphatic heterocycles. The summed E-state index contributed by atoms with van der Waals surface area (Å²) >= 11 is 0. The molecule has 3 aromatic rings. The van der Waals surface area contributed by atoms with Crippen molar-refractivity contribution in [1.82, 2.24) is 24.9 Å². The minimum absolute atomic E-state index is 0.0884. The zero-order valence-electron chi connectivity index (χ0n) is 17.5. The molecule has 0 saturated carbocycles. The fourth-order valence-electron chi connectivity index (χ4n) is 4.48. The summed E-state index contributed by atoms with van der Waals surface area (Å²) in [6.45, 7) is 2.18. The summed E-state index contributed by atoms with van der Waals surface area (Å²) in [6.07, 6.45) is 5.67. The molecular weight excluding hydrogens is 397 g/mol. The quantitative estimate of drug-likeness (QED) is 0.643. The van der Waals surface area contributed by atoms with E-state index < -0.39 is 5.82 Å². The van der Waals surface area contributed by atoms with Crippen LogP contribution in [0.15, 0.2) is 48.9 Å². The van der Waals surface area contributed by atoms with E-state index >= 15 is 0 Å². The number of carbonyl (C=O) groups excluding carboxylic acids is 1. The van der Waals surface area contributed by atoms with Gasteiger partial charge in [-0.05, 0) is 24.6 Å². The lowest BCUT2D eigenvalue weighted by Gasteiger charge is -2.54. The zero-order chi connectivity index (χ0) is 21.5. The van der Waals surface area contributed by atoms with Crippen LogP contribution in [0.3, 0.4) is 0 Å². The molecule has 0 radical (unpaired) electrons. The summed E-state index contributed by atoms with van der Waals surface area (Å²) in [5, 5.41) is 8.04. The van der Waals surface area contributed by atoms with E-state index in [1.54, 1.807) is 12.1 Å². The number of amides is 1. The van der Waals surface area contributed by atoms with E-state index in [0.29, 0.717) is 19.0 Å². The summed E-state index contributed by atoms with van der Waals surface area (Å²) in [5.74, 6) is 0.738. The molecule has 8 nitrogen and oxygen atoms in total. The summed E-state index contributed by atoms with van der Waals surface area (Å²) < 4.78 is 14.6. The van der Waals surface area contributed by atoms with E-state index in [-0.39, 0.29) is 23.2 Å². The van der Waals surface area contributed by atoms with Crippen molar-refractivity contribution in [1.29, 1.82) is 0 Å². The van der Waals surface area contributed by atoms with Crippen molar-refractivity contribution in [3.05, 3.63) is 60.3 Å². The molecule has 0 aliphatic carbocycles. The monoisotopic (exact) mass is 421 g/mol. The van der Waals surface area contributed by atoms with Gasteiger partial charge in [0.2, 0.25) is 0 Å². The molecule has 31 heavy (non-hydrogen) atoms. The second-order valence-corrected chi connectivity index (χ2v) is 8.24. The number of hydrogen-bond donors (Lipinski definition) is 0. The Morgan fingerprint density at radius 2 is 1.94 bits per heavy atom. The third-order valence-electron chi connectivity index (χ3n) is 6.22. The Balaban J connectivity index is 1.38. The van der Waals surface area contributed by atoms with Crippen LogP contribution >= 0.6 is 0 Å². The molecule has 0 bridgehead atoms. The number of nitrogens with zero attached hydrogens (tertiary/aromatic N) is 7. The Morgan fingerprint density at radius 1 is 1.13 bits per heavy atom. The molecule has 2 fully saturated rings. The Kier molecular flexibility index (Phi) is 4.80. The van der Waals surface area contributed by atoms with Crippen molar-refractivity contribution in [2.24, 2.45) is 5.92 Å². The molecule has 1 aromatic carbocycles. The highest BCUT2D eigenvalue weighted by Gasteiger charge is 2.44. The van der Waals surface area contributed by atoms with E-state index in [0.717, 1.165) is 24.5 Å². The maximum Gasteiger partial charge on any atom is 0.256 e. The highest BCUT2D eigenvalue weighted by Crippen LogP contribution is 2.37. The lowest BCUT2D eigenvalue weighted by atomic mass is 9.82. The summed E-state index contributed by atoms with van der Waals surface area (Å²) in [6, 6.07) is 8.77. The Hall–Kier alpha value is -3.49. The van der Waals surface area contributed by atoms with Gasteiger partial charge in [-0.1, -0.05) is 6.07 Å². The van der Waals surface area contributed by atoms with Crippen LogP contribution in [0.5, 0.6) is 0 Å². The van der Waals surface area contributed by atoms with Gasteiger partial charge in [-0.3, -0.25) is 4.79 Å². The van der Waals surface area contributed by atoms with E-state index in [1.807, 2.05) is 36.2 Å². The molecule has 0 N–H and O–H groups in total. The highest BCUT2D eigenvalue weighted by atomic mass is 19.1. The molecule has 9 heteroatoms. The average molecular weight is 421 g/mol. The van der Waals surface area contributed by atoms with Crippen LogP contribution < -0.4 is 9.80 Å². The SMILES string of the molecule is CN(C)c1ccnc(N2CC3CCN(C(=O)c4cccc(F)c4-n4nccn4)CC32)c1. The van der Waals surface area contributed by atoms with E-state index in [2.05, 4.69) is 26.1 Å². The Bertz CT molecular complexity index is 1100. The molecule has 160 valence electrons. The third-order valence-corrected chi connectivity index (χ3v) is 6.22. The maximum absolute atomic E-state index is 14.6. The van der Waals surface area contributed by atoms with Gasteiger partial charge in [-0.25, -0.2) is 9.37 Å². The minimum atomic E-state index is -0.521. The first kappa shape index (κ1) is 19.5. The number of aromatic nitrogens is 4. The number of pyridine rings is 1. The summed E-state index contributed by atoms with van der Waals surface area (Å²) in [7, 11) is 4.01. The van der Waals surface area contributed by atoms with Gasteiger partial charge >= 0.3 is 0 Å². The number of likely N-dealkylation sites (tertiary alicyclic amines) is 1. The van der Waals surface area contributed by atoms with E-state index in [9.17, 15) is 9.18 Å². The predicted molar refractivity (Wildman–Crippen MR) is 115 cm³/mol. The lowest BCUT2D eigenvalue weighted by molar-refractivity contribution is 0.0590. The molecule has 5 rings (SSSR count). The van der Waals surface area contributed by atoms with Crippen LogP contribution in [0.25, 0.3) is 5.69 Å². The van der Waals surface area contributed by atoms with Crippen molar-refractivity contribution in [3.63, 3.8) is 0 Å². The molecule has 2 saturated heterocycles. The summed E-state index contributed by atoms with van der Waals surface area (Å²) in [4.78, 5) is 25.2. The van der Waals surface area contributed by atoms with Gasteiger partial charge in [0, 0.05) is 57.6 Å². The molecule has 4 heterocycles. The van der Waals surface area contributed by atoms with Gasteiger partial charge in [-0.2, -0.15) is 10.2 Å². The topological polar surface area (TPSA) is 70.4 Å². The molecule has 1 amide bonds. The van der Waals surface area contributed by atoms with Crippen molar-refractivity contribution in [2.75, 3.05) is 43.5 Å². The van der Waals surface area contributed by atoms with Crippen LogP contribution in [0.2, 0.25) is 0 Å². The van der Waals surface area contributed by atoms with Gasteiger partial charge in [0.05, 0.1) is 24.0 Å². The van der Waals surface area contributed by atoms with Gasteiger partial charge in [0.15, 0.2) is 5.82 Å². The normalized spacial score (nSPS) is 20.2. The van der Waals surface area contributed by atoms with Gasteiger partial charge in [0.1, 0.15) is 11.5 Å². The number of benzene rings is 1. The zero-order valence-corrected chi connectivity index (χ0v) is 17.5. The Morgan fingerprint density at radius 3 is 2.71 bits per heavy atom. The smallest absolute Gasteiger partial charge is 0.256 e. The fraction of sp³-hybridized carbons (Fsp3) is 0.364. The van der Waals surface area contributed by atoms with Crippen LogP contribution in [-0.2, 0) is 0 Å². The number of hydrogen-bond acceptors (Lipinski definition) is 6. The maximum atomic E-state index is 14.6. The van der Waals surface area contributed by atoms with E-state index in [4.69, 9.17) is 0 Å². The van der Waals surface area contributed by atoms with Crippen LogP contribution in [0, 0.1) is 11.7 Å². The van der Waals surface area contributed by atoms with Crippen LogP contribution in [0.4, 0.5) is 15.9 Å². The van der Waals surface area contributed by atoms with Crippen molar-refractivity contribution in [2.45, 2.75) is 12.5 Å². The molecular formula is C22H24FN7O. The van der Waals surface area contributed by atoms with Crippen molar-refractivity contribution < 1.29 is 9.18 Å². The number of piperidine rings is 1. The molecule has 0 spiro atoms. The van der Waals surface area contributed by atoms with Crippen LogP contribution in [-0.4, -0.2) is 70.6 Å². The Labute approximate surface area is 179 Å². The second-order valence-electron chi connectivity index (χ2n) is 8.24. The number of halogens is 1. The first-order valence-corrected chi connectivity index (χ1v) is 10.4. The highest BCUT2D eigenvalue weighted by molar-refractivity contribution is 5.98. The van der Waals surface area contributed by atoms with Crippen LogP contribution in [0.1, 0.15) is 16.8 Å². The average Bonchev–Trinajstić information content (AvgIpc) is 3.28. The summed E-state index contributed by atoms with van der Waals surface area (Å²) in [5.41, 5.74) is 1.45. The number of para-hydroxylation sites is 1. The molecule has 2 unspecified atom stereocenters. The first-order chi connectivity index (χ1) is 15.0. The first-order valence-electron chi connectivity index (χ1n) is 10.4. The minimum Gasteiger partial charge on any atom is -0.378 e. The van der Waals surface area contributed by atoms with Gasteiger partial charge in [0.25, 0.3) is 5.91 Å². The fourth-order valence-corrected chi connectivity index (χ4v) is 4.48. The number of rotatable bonds is 4. The number of fused-ring (bicyclic) bond motifs is 1. The standard InChI is InChI=1S/C22H24FN7O/c1-27(2)16-6-8-24-20(12-16)29-13-15-7-11-28(14-19(15)29)22(31)17-4-3-5-18(23)21(17)30-25-9-10-26-30/h3-6,8-10,12,15,19H,7,11,13-14H2,1-2H3. The molecule has 2 atom stereocenters.